The number of hydrazone groups is 1. The van der Waals surface area contributed by atoms with Crippen molar-refractivity contribution in [3.8, 4) is 5.69 Å². The van der Waals surface area contributed by atoms with Crippen molar-refractivity contribution in [2.75, 3.05) is 0 Å². The number of nitrogens with two attached hydrogens (primary N) is 1. The Morgan fingerprint density at radius 2 is 2.18 bits per heavy atom. The van der Waals surface area contributed by atoms with Gasteiger partial charge in [0.2, 0.25) is 5.95 Å². The van der Waals surface area contributed by atoms with Crippen LogP contribution in [0.4, 0.5) is 5.95 Å². The number of benzene rings is 1. The highest BCUT2D eigenvalue weighted by Crippen LogP contribution is 2.26. The van der Waals surface area contributed by atoms with E-state index in [0.717, 1.165) is 11.3 Å². The quantitative estimate of drug-likeness (QED) is 0.223. The summed E-state index contributed by atoms with van der Waals surface area (Å²) in [5.74, 6) is 0.105. The van der Waals surface area contributed by atoms with Crippen LogP contribution in [0.1, 0.15) is 11.3 Å². The van der Waals surface area contributed by atoms with Crippen LogP contribution < -0.4 is 11.2 Å². The number of azide groups is 1. The molecule has 1 aromatic heterocycles. The van der Waals surface area contributed by atoms with Crippen LogP contribution in [0.3, 0.4) is 0 Å². The fourth-order valence-corrected chi connectivity index (χ4v) is 1.98. The van der Waals surface area contributed by atoms with Gasteiger partial charge in [-0.15, -0.1) is 0 Å². The van der Waals surface area contributed by atoms with Crippen LogP contribution >= 0.6 is 23.8 Å². The molecular formula is C12H11ClN8S. The van der Waals surface area contributed by atoms with Crippen LogP contribution in [-0.4, -0.2) is 20.9 Å². The molecule has 0 atom stereocenters. The number of aromatic nitrogens is 2. The summed E-state index contributed by atoms with van der Waals surface area (Å²) in [5, 5.41) is 7.56. The molecule has 0 spiro atoms. The average Bonchev–Trinajstić information content (AvgIpc) is 2.76. The van der Waals surface area contributed by atoms with Crippen molar-refractivity contribution in [3.63, 3.8) is 0 Å². The summed E-state index contributed by atoms with van der Waals surface area (Å²) in [6, 6.07) is 7.53. The fraction of sp³-hybridized carbons (Fsp3) is 0.0833. The van der Waals surface area contributed by atoms with Crippen LogP contribution in [0.2, 0.25) is 5.15 Å². The summed E-state index contributed by atoms with van der Waals surface area (Å²) < 4.78 is 1.58. The number of hydrogen-bond donors (Lipinski definition) is 2. The first-order valence-electron chi connectivity index (χ1n) is 6.02. The minimum Gasteiger partial charge on any atom is -0.375 e. The summed E-state index contributed by atoms with van der Waals surface area (Å²) in [4.78, 5) is 6.78. The van der Waals surface area contributed by atoms with Gasteiger partial charge in [0.15, 0.2) is 10.3 Å². The number of hydrogen-bond acceptors (Lipinski definition) is 4. The third-order valence-electron chi connectivity index (χ3n) is 2.64. The predicted molar refractivity (Wildman–Crippen MR) is 89.6 cm³/mol. The molecule has 0 saturated carbocycles. The Morgan fingerprint density at radius 1 is 1.50 bits per heavy atom. The van der Waals surface area contributed by atoms with E-state index in [2.05, 4.69) is 37.8 Å². The van der Waals surface area contributed by atoms with Crippen molar-refractivity contribution in [1.82, 2.24) is 15.0 Å². The van der Waals surface area contributed by atoms with Crippen molar-refractivity contribution < 1.29 is 0 Å². The molecule has 0 radical (unpaired) electrons. The number of aryl methyl sites for hydroxylation is 1. The summed E-state index contributed by atoms with van der Waals surface area (Å²) in [6.45, 7) is 1.97. The molecular weight excluding hydrogens is 324 g/mol. The molecule has 10 heteroatoms. The van der Waals surface area contributed by atoms with E-state index in [1.807, 2.05) is 31.2 Å². The molecule has 22 heavy (non-hydrogen) atoms. The van der Waals surface area contributed by atoms with Crippen LogP contribution in [0.25, 0.3) is 16.1 Å². The molecule has 0 bridgehead atoms. The Morgan fingerprint density at radius 3 is 2.77 bits per heavy atom. The third-order valence-corrected chi connectivity index (χ3v) is 3.01. The molecule has 0 saturated heterocycles. The lowest BCUT2D eigenvalue weighted by molar-refractivity contribution is 1.01. The van der Waals surface area contributed by atoms with Crippen LogP contribution in [-0.2, 0) is 0 Å². The molecule has 0 aliphatic rings. The second-order valence-corrected chi connectivity index (χ2v) is 4.98. The van der Waals surface area contributed by atoms with Gasteiger partial charge in [-0.25, -0.2) is 4.98 Å². The largest absolute Gasteiger partial charge is 0.375 e. The maximum absolute atomic E-state index is 8.67. The van der Waals surface area contributed by atoms with Gasteiger partial charge in [0.1, 0.15) is 5.69 Å². The molecule has 1 aromatic carbocycles. The zero-order valence-electron chi connectivity index (χ0n) is 11.4. The number of thiocarbonyl (C=S) groups is 1. The minimum atomic E-state index is 0.0176. The van der Waals surface area contributed by atoms with E-state index in [4.69, 9.17) is 22.9 Å². The van der Waals surface area contributed by atoms with E-state index in [9.17, 15) is 0 Å². The predicted octanol–water partition coefficient (Wildman–Crippen LogP) is 2.94. The Hall–Kier alpha value is -2.61. The van der Waals surface area contributed by atoms with Gasteiger partial charge in [-0.3, -0.25) is 9.99 Å². The van der Waals surface area contributed by atoms with Gasteiger partial charge >= 0.3 is 0 Å². The maximum Gasteiger partial charge on any atom is 0.203 e. The highest BCUT2D eigenvalue weighted by atomic mass is 35.5. The van der Waals surface area contributed by atoms with Gasteiger partial charge in [-0.2, -0.15) is 5.10 Å². The standard InChI is InChI=1S/C12H11ClN8S/c1-7-2-4-8(5-3-7)21-9(6-16-18-11(14)22)10(13)17-12(21)19-20-15/h2-6H,1H3,(H3,14,18,22)/b16-6+. The van der Waals surface area contributed by atoms with Crippen LogP contribution in [0.15, 0.2) is 34.5 Å². The Labute approximate surface area is 136 Å². The molecule has 3 N–H and O–H groups in total. The Kier molecular flexibility index (Phi) is 4.95. The molecule has 8 nitrogen and oxygen atoms in total. The van der Waals surface area contributed by atoms with Gasteiger partial charge < -0.3 is 5.73 Å². The van der Waals surface area contributed by atoms with E-state index in [-0.39, 0.29) is 16.2 Å². The average molecular weight is 335 g/mol. The first kappa shape index (κ1) is 15.8. The number of halogens is 1. The zero-order chi connectivity index (χ0) is 16.1. The molecule has 0 aliphatic heterocycles. The molecule has 112 valence electrons. The molecule has 0 fully saturated rings. The van der Waals surface area contributed by atoms with E-state index in [0.29, 0.717) is 5.69 Å². The van der Waals surface area contributed by atoms with Gasteiger partial charge in [0.05, 0.1) is 6.21 Å². The van der Waals surface area contributed by atoms with E-state index >= 15 is 0 Å². The van der Waals surface area contributed by atoms with Crippen molar-refractivity contribution in [1.29, 1.82) is 0 Å². The lowest BCUT2D eigenvalue weighted by Crippen LogP contribution is -2.24. The lowest BCUT2D eigenvalue weighted by atomic mass is 10.2. The molecule has 2 rings (SSSR count). The normalized spacial score (nSPS) is 10.5. The van der Waals surface area contributed by atoms with Crippen LogP contribution in [0.5, 0.6) is 0 Å². The topological polar surface area (TPSA) is 117 Å². The highest BCUT2D eigenvalue weighted by molar-refractivity contribution is 7.80. The molecule has 0 aliphatic carbocycles. The first-order valence-corrected chi connectivity index (χ1v) is 6.80. The Balaban J connectivity index is 2.57. The minimum absolute atomic E-state index is 0.0176. The third kappa shape index (κ3) is 3.53. The SMILES string of the molecule is Cc1ccc(-n2c(N=[N+]=[N-])nc(Cl)c2/C=N/NC(N)=S)cc1. The van der Waals surface area contributed by atoms with E-state index < -0.39 is 0 Å². The molecule has 0 amide bonds. The monoisotopic (exact) mass is 334 g/mol. The van der Waals surface area contributed by atoms with E-state index in [1.165, 1.54) is 6.21 Å². The summed E-state index contributed by atoms with van der Waals surface area (Å²) in [6.07, 6.45) is 1.39. The summed E-state index contributed by atoms with van der Waals surface area (Å²) >= 11 is 10.7. The van der Waals surface area contributed by atoms with Gasteiger partial charge in [0.25, 0.3) is 0 Å². The van der Waals surface area contributed by atoms with Gasteiger partial charge in [-0.1, -0.05) is 29.3 Å². The Bertz CT molecular complexity index is 773. The number of imidazole rings is 1. The maximum atomic E-state index is 8.67. The highest BCUT2D eigenvalue weighted by Gasteiger charge is 2.15. The first-order chi connectivity index (χ1) is 10.5. The summed E-state index contributed by atoms with van der Waals surface area (Å²) in [5.41, 5.74) is 18.6. The van der Waals surface area contributed by atoms with Crippen molar-refractivity contribution in [3.05, 3.63) is 51.1 Å². The van der Waals surface area contributed by atoms with Gasteiger partial charge in [-0.05, 0) is 41.9 Å². The van der Waals surface area contributed by atoms with Crippen molar-refractivity contribution in [2.45, 2.75) is 6.92 Å². The molecule has 2 aromatic rings. The van der Waals surface area contributed by atoms with Crippen molar-refractivity contribution >= 4 is 41.1 Å². The van der Waals surface area contributed by atoms with Crippen molar-refractivity contribution in [2.24, 2.45) is 15.9 Å². The summed E-state index contributed by atoms with van der Waals surface area (Å²) in [7, 11) is 0. The molecule has 0 unspecified atom stereocenters. The second kappa shape index (κ2) is 6.90. The smallest absolute Gasteiger partial charge is 0.203 e. The van der Waals surface area contributed by atoms with Crippen LogP contribution in [0, 0.1) is 6.92 Å². The second-order valence-electron chi connectivity index (χ2n) is 4.18. The van der Waals surface area contributed by atoms with Gasteiger partial charge in [0, 0.05) is 10.6 Å². The lowest BCUT2D eigenvalue weighted by Gasteiger charge is -2.08. The zero-order valence-corrected chi connectivity index (χ0v) is 13.0. The fourth-order valence-electron chi connectivity index (χ4n) is 1.72. The van der Waals surface area contributed by atoms with E-state index in [1.54, 1.807) is 4.57 Å². The number of rotatable bonds is 4. The number of nitrogens with zero attached hydrogens (tertiary/aromatic N) is 6. The number of nitrogens with one attached hydrogen (secondary N) is 1. The molecule has 1 heterocycles.